The molecule has 0 amide bonds. The maximum absolute atomic E-state index is 12.8. The van der Waals surface area contributed by atoms with Crippen LogP contribution in [0.15, 0.2) is 17.0 Å². The van der Waals surface area contributed by atoms with Crippen molar-refractivity contribution < 1.29 is 13.2 Å². The molecule has 1 saturated heterocycles. The van der Waals surface area contributed by atoms with E-state index < -0.39 is 10.0 Å². The first kappa shape index (κ1) is 14.3. The van der Waals surface area contributed by atoms with Crippen LogP contribution in [0, 0.1) is 13.8 Å². The van der Waals surface area contributed by atoms with Gasteiger partial charge in [0.15, 0.2) is 0 Å². The summed E-state index contributed by atoms with van der Waals surface area (Å²) in [4.78, 5) is 0.237. The Morgan fingerprint density at radius 3 is 2.68 bits per heavy atom. The van der Waals surface area contributed by atoms with Crippen LogP contribution in [0.1, 0.15) is 18.1 Å². The van der Waals surface area contributed by atoms with Gasteiger partial charge in [-0.2, -0.15) is 4.31 Å². The summed E-state index contributed by atoms with van der Waals surface area (Å²) in [5.74, 6) is 0. The second-order valence-corrected chi connectivity index (χ2v) is 6.79. The minimum absolute atomic E-state index is 0.168. The molecule has 0 bridgehead atoms. The van der Waals surface area contributed by atoms with Crippen molar-refractivity contribution in [2.45, 2.75) is 31.7 Å². The second kappa shape index (κ2) is 5.11. The summed E-state index contributed by atoms with van der Waals surface area (Å²) in [6, 6.07) is 3.32. The first-order chi connectivity index (χ1) is 8.85. The largest absolute Gasteiger partial charge is 0.398 e. The molecular formula is C13H20N2O3S. The highest BCUT2D eigenvalue weighted by Crippen LogP contribution is 2.29. The molecule has 1 aliphatic heterocycles. The summed E-state index contributed by atoms with van der Waals surface area (Å²) in [6.07, 6.45) is 0. The third-order valence-corrected chi connectivity index (χ3v) is 5.80. The van der Waals surface area contributed by atoms with Gasteiger partial charge in [-0.25, -0.2) is 8.42 Å². The Hall–Kier alpha value is -1.11. The monoisotopic (exact) mass is 284 g/mol. The first-order valence-corrected chi connectivity index (χ1v) is 7.75. The Balaban J connectivity index is 2.53. The van der Waals surface area contributed by atoms with E-state index in [0.29, 0.717) is 25.4 Å². The van der Waals surface area contributed by atoms with Gasteiger partial charge in [-0.15, -0.1) is 0 Å². The van der Waals surface area contributed by atoms with Gasteiger partial charge in [-0.05, 0) is 38.0 Å². The molecule has 6 heteroatoms. The second-order valence-electron chi connectivity index (χ2n) is 4.97. The molecule has 1 aliphatic rings. The quantitative estimate of drug-likeness (QED) is 0.831. The summed E-state index contributed by atoms with van der Waals surface area (Å²) >= 11 is 0. The fraction of sp³-hybridized carbons (Fsp3) is 0.538. The number of rotatable bonds is 2. The number of benzene rings is 1. The Labute approximate surface area is 114 Å². The molecule has 0 aliphatic carbocycles. The van der Waals surface area contributed by atoms with E-state index in [-0.39, 0.29) is 10.9 Å². The van der Waals surface area contributed by atoms with Gasteiger partial charge >= 0.3 is 0 Å². The summed E-state index contributed by atoms with van der Waals surface area (Å²) in [5.41, 5.74) is 7.84. The lowest BCUT2D eigenvalue weighted by atomic mass is 10.1. The first-order valence-electron chi connectivity index (χ1n) is 6.31. The van der Waals surface area contributed by atoms with Gasteiger partial charge in [-0.1, -0.05) is 6.07 Å². The zero-order chi connectivity index (χ0) is 14.2. The normalized spacial score (nSPS) is 21.5. The standard InChI is InChI=1S/C13H20N2O3S/c1-9-4-5-12(14)13(11(9)3)19(16,17)15-6-7-18-8-10(15)2/h4-5,10H,6-8,14H2,1-3H3/t10-/m1/s1. The van der Waals surface area contributed by atoms with E-state index in [0.717, 1.165) is 11.1 Å². The zero-order valence-corrected chi connectivity index (χ0v) is 12.3. The van der Waals surface area contributed by atoms with Gasteiger partial charge in [0, 0.05) is 12.6 Å². The predicted octanol–water partition coefficient (Wildman–Crippen LogP) is 1.30. The van der Waals surface area contributed by atoms with Gasteiger partial charge in [0.2, 0.25) is 10.0 Å². The van der Waals surface area contributed by atoms with E-state index in [1.54, 1.807) is 13.0 Å². The van der Waals surface area contributed by atoms with Gasteiger partial charge in [0.25, 0.3) is 0 Å². The fourth-order valence-corrected chi connectivity index (χ4v) is 4.34. The topological polar surface area (TPSA) is 72.6 Å². The van der Waals surface area contributed by atoms with Crippen LogP contribution in [-0.4, -0.2) is 38.5 Å². The van der Waals surface area contributed by atoms with Crippen LogP contribution in [0.2, 0.25) is 0 Å². The van der Waals surface area contributed by atoms with E-state index in [2.05, 4.69) is 0 Å². The van der Waals surface area contributed by atoms with Crippen molar-refractivity contribution in [1.29, 1.82) is 0 Å². The maximum Gasteiger partial charge on any atom is 0.245 e. The van der Waals surface area contributed by atoms with Crippen LogP contribution in [0.3, 0.4) is 0 Å². The third-order valence-electron chi connectivity index (χ3n) is 3.58. The molecule has 5 nitrogen and oxygen atoms in total. The number of nitrogens with zero attached hydrogens (tertiary/aromatic N) is 1. The van der Waals surface area contributed by atoms with Crippen molar-refractivity contribution in [2.75, 3.05) is 25.5 Å². The summed E-state index contributed by atoms with van der Waals surface area (Å²) in [6.45, 7) is 6.74. The van der Waals surface area contributed by atoms with Gasteiger partial charge in [0.05, 0.1) is 18.9 Å². The number of morpholine rings is 1. The number of ether oxygens (including phenoxy) is 1. The minimum atomic E-state index is -3.57. The van der Waals surface area contributed by atoms with Crippen LogP contribution in [0.5, 0.6) is 0 Å². The molecule has 1 heterocycles. The summed E-state index contributed by atoms with van der Waals surface area (Å²) in [5, 5.41) is 0. The van der Waals surface area contributed by atoms with Crippen LogP contribution in [0.25, 0.3) is 0 Å². The maximum atomic E-state index is 12.8. The molecule has 2 rings (SSSR count). The Kier molecular flexibility index (Phi) is 3.85. The number of hydrogen-bond acceptors (Lipinski definition) is 4. The number of nitrogens with two attached hydrogens (primary N) is 1. The van der Waals surface area contributed by atoms with Crippen molar-refractivity contribution in [1.82, 2.24) is 4.31 Å². The number of nitrogen functional groups attached to an aromatic ring is 1. The smallest absolute Gasteiger partial charge is 0.245 e. The molecule has 0 unspecified atom stereocenters. The molecule has 2 N–H and O–H groups in total. The minimum Gasteiger partial charge on any atom is -0.398 e. The van der Waals surface area contributed by atoms with E-state index in [1.165, 1.54) is 4.31 Å². The van der Waals surface area contributed by atoms with Crippen molar-refractivity contribution in [3.05, 3.63) is 23.3 Å². The molecule has 0 saturated carbocycles. The van der Waals surface area contributed by atoms with E-state index in [1.807, 2.05) is 19.9 Å². The average Bonchev–Trinajstić information content (AvgIpc) is 2.34. The molecule has 0 spiro atoms. The molecule has 1 atom stereocenters. The van der Waals surface area contributed by atoms with Crippen LogP contribution < -0.4 is 5.73 Å². The van der Waals surface area contributed by atoms with Crippen molar-refractivity contribution in [3.63, 3.8) is 0 Å². The highest BCUT2D eigenvalue weighted by Gasteiger charge is 2.34. The molecule has 1 aromatic carbocycles. The highest BCUT2D eigenvalue weighted by molar-refractivity contribution is 7.89. The summed E-state index contributed by atoms with van der Waals surface area (Å²) in [7, 11) is -3.57. The molecule has 0 aromatic heterocycles. The lowest BCUT2D eigenvalue weighted by molar-refractivity contribution is 0.0393. The van der Waals surface area contributed by atoms with Crippen molar-refractivity contribution in [3.8, 4) is 0 Å². The van der Waals surface area contributed by atoms with Crippen molar-refractivity contribution >= 4 is 15.7 Å². The molecule has 1 aromatic rings. The number of hydrogen-bond donors (Lipinski definition) is 1. The van der Waals surface area contributed by atoms with Crippen LogP contribution in [0.4, 0.5) is 5.69 Å². The van der Waals surface area contributed by atoms with E-state index in [9.17, 15) is 8.42 Å². The average molecular weight is 284 g/mol. The number of anilines is 1. The molecule has 1 fully saturated rings. The molecule has 106 valence electrons. The third kappa shape index (κ3) is 2.48. The fourth-order valence-electron chi connectivity index (χ4n) is 2.34. The number of aryl methyl sites for hydroxylation is 1. The van der Waals surface area contributed by atoms with E-state index >= 15 is 0 Å². The Morgan fingerprint density at radius 2 is 2.05 bits per heavy atom. The predicted molar refractivity (Wildman–Crippen MR) is 74.5 cm³/mol. The Morgan fingerprint density at radius 1 is 1.37 bits per heavy atom. The highest BCUT2D eigenvalue weighted by atomic mass is 32.2. The van der Waals surface area contributed by atoms with Gasteiger partial charge in [0.1, 0.15) is 4.90 Å². The summed E-state index contributed by atoms with van der Waals surface area (Å²) < 4.78 is 32.3. The zero-order valence-electron chi connectivity index (χ0n) is 11.5. The molecule has 0 radical (unpaired) electrons. The van der Waals surface area contributed by atoms with Crippen LogP contribution in [-0.2, 0) is 14.8 Å². The van der Waals surface area contributed by atoms with E-state index in [4.69, 9.17) is 10.5 Å². The lowest BCUT2D eigenvalue weighted by Crippen LogP contribution is -2.47. The SMILES string of the molecule is Cc1ccc(N)c(S(=O)(=O)N2CCOC[C@H]2C)c1C. The molecule has 19 heavy (non-hydrogen) atoms. The van der Waals surface area contributed by atoms with Crippen molar-refractivity contribution in [2.24, 2.45) is 0 Å². The Bertz CT molecular complexity index is 584. The van der Waals surface area contributed by atoms with Crippen LogP contribution >= 0.6 is 0 Å². The molecular weight excluding hydrogens is 264 g/mol. The van der Waals surface area contributed by atoms with Gasteiger partial charge in [-0.3, -0.25) is 0 Å². The van der Waals surface area contributed by atoms with Gasteiger partial charge < -0.3 is 10.5 Å². The lowest BCUT2D eigenvalue weighted by Gasteiger charge is -2.33. The number of sulfonamides is 1.